The van der Waals surface area contributed by atoms with E-state index in [1.54, 1.807) is 11.6 Å². The summed E-state index contributed by atoms with van der Waals surface area (Å²) in [5.74, 6) is 1.36. The molecule has 0 spiro atoms. The standard InChI is InChI=1S/C10H15N3O2/c1-3-15-10(14)9-11-8(13(2)12-9)6-7-4-5-7/h7H,3-6H2,1-2H3. The SMILES string of the molecule is CCOC(=O)c1nc(CC2CC2)n(C)n1. The van der Waals surface area contributed by atoms with Crippen molar-refractivity contribution in [1.29, 1.82) is 0 Å². The van der Waals surface area contributed by atoms with Crippen molar-refractivity contribution in [3.8, 4) is 0 Å². The highest BCUT2D eigenvalue weighted by Gasteiger charge is 2.25. The number of esters is 1. The second kappa shape index (κ2) is 4.00. The molecule has 0 saturated heterocycles. The molecule has 1 heterocycles. The van der Waals surface area contributed by atoms with Gasteiger partial charge in [-0.05, 0) is 25.7 Å². The van der Waals surface area contributed by atoms with Gasteiger partial charge in [-0.25, -0.2) is 9.78 Å². The third kappa shape index (κ3) is 2.34. The Morgan fingerprint density at radius 2 is 2.33 bits per heavy atom. The lowest BCUT2D eigenvalue weighted by Crippen LogP contribution is -2.07. The van der Waals surface area contributed by atoms with Crippen LogP contribution in [0.2, 0.25) is 0 Å². The molecule has 1 saturated carbocycles. The van der Waals surface area contributed by atoms with Crippen LogP contribution in [0.15, 0.2) is 0 Å². The van der Waals surface area contributed by atoms with Gasteiger partial charge in [-0.1, -0.05) is 0 Å². The molecule has 15 heavy (non-hydrogen) atoms. The minimum atomic E-state index is -0.435. The summed E-state index contributed by atoms with van der Waals surface area (Å²) in [4.78, 5) is 15.5. The van der Waals surface area contributed by atoms with E-state index in [-0.39, 0.29) is 5.82 Å². The van der Waals surface area contributed by atoms with Gasteiger partial charge in [0, 0.05) is 13.5 Å². The highest BCUT2D eigenvalue weighted by molar-refractivity contribution is 5.84. The van der Waals surface area contributed by atoms with Crippen LogP contribution in [0.5, 0.6) is 0 Å². The molecule has 0 radical (unpaired) electrons. The number of hydrogen-bond acceptors (Lipinski definition) is 4. The van der Waals surface area contributed by atoms with Crippen LogP contribution < -0.4 is 0 Å². The van der Waals surface area contributed by atoms with Crippen LogP contribution in [0.3, 0.4) is 0 Å². The van der Waals surface area contributed by atoms with Crippen molar-refractivity contribution in [2.24, 2.45) is 13.0 Å². The molecule has 0 N–H and O–H groups in total. The molecule has 0 bridgehead atoms. The van der Waals surface area contributed by atoms with E-state index in [2.05, 4.69) is 10.1 Å². The predicted octanol–water partition coefficient (Wildman–Crippen LogP) is 0.944. The van der Waals surface area contributed by atoms with Crippen LogP contribution in [0.25, 0.3) is 0 Å². The van der Waals surface area contributed by atoms with E-state index >= 15 is 0 Å². The molecule has 5 heteroatoms. The Kier molecular flexibility index (Phi) is 2.70. The first-order valence-corrected chi connectivity index (χ1v) is 5.27. The molecule has 0 unspecified atom stereocenters. The maximum absolute atomic E-state index is 11.4. The highest BCUT2D eigenvalue weighted by atomic mass is 16.5. The second-order valence-corrected chi connectivity index (χ2v) is 3.84. The number of hydrogen-bond donors (Lipinski definition) is 0. The molecule has 0 atom stereocenters. The van der Waals surface area contributed by atoms with Crippen LogP contribution in [0.1, 0.15) is 36.2 Å². The average molecular weight is 209 g/mol. The average Bonchev–Trinajstić information content (AvgIpc) is 2.92. The molecular weight excluding hydrogens is 194 g/mol. The molecule has 0 aliphatic heterocycles. The molecule has 82 valence electrons. The molecule has 1 aliphatic rings. The lowest BCUT2D eigenvalue weighted by atomic mass is 10.3. The van der Waals surface area contributed by atoms with Crippen molar-refractivity contribution < 1.29 is 9.53 Å². The number of rotatable bonds is 4. The summed E-state index contributed by atoms with van der Waals surface area (Å²) in [6.07, 6.45) is 3.45. The van der Waals surface area contributed by atoms with Gasteiger partial charge < -0.3 is 4.74 Å². The molecule has 1 aromatic rings. The predicted molar refractivity (Wildman–Crippen MR) is 53.4 cm³/mol. The molecule has 5 nitrogen and oxygen atoms in total. The first kappa shape index (κ1) is 10.1. The maximum Gasteiger partial charge on any atom is 0.378 e. The summed E-state index contributed by atoms with van der Waals surface area (Å²) in [6.45, 7) is 2.13. The van der Waals surface area contributed by atoms with E-state index in [1.807, 2.05) is 7.05 Å². The molecule has 0 amide bonds. The van der Waals surface area contributed by atoms with Gasteiger partial charge >= 0.3 is 5.97 Å². The van der Waals surface area contributed by atoms with Gasteiger partial charge in [0.2, 0.25) is 0 Å². The van der Waals surface area contributed by atoms with Crippen LogP contribution in [0.4, 0.5) is 0 Å². The molecule has 2 rings (SSSR count). The summed E-state index contributed by atoms with van der Waals surface area (Å²) in [5, 5.41) is 4.04. The topological polar surface area (TPSA) is 57.0 Å². The number of ether oxygens (including phenoxy) is 1. The number of nitrogens with zero attached hydrogens (tertiary/aromatic N) is 3. The lowest BCUT2D eigenvalue weighted by Gasteiger charge is -1.95. The van der Waals surface area contributed by atoms with Gasteiger partial charge in [-0.15, -0.1) is 5.10 Å². The van der Waals surface area contributed by atoms with Gasteiger partial charge in [0.15, 0.2) is 0 Å². The zero-order valence-electron chi connectivity index (χ0n) is 9.06. The van der Waals surface area contributed by atoms with E-state index in [0.29, 0.717) is 6.61 Å². The quantitative estimate of drug-likeness (QED) is 0.692. The zero-order chi connectivity index (χ0) is 10.8. The van der Waals surface area contributed by atoms with E-state index in [4.69, 9.17) is 4.74 Å². The Labute approximate surface area is 88.4 Å². The number of aromatic nitrogens is 3. The first-order chi connectivity index (χ1) is 7.20. The Bertz CT molecular complexity index is 369. The Morgan fingerprint density at radius 3 is 2.93 bits per heavy atom. The Hall–Kier alpha value is -1.39. The van der Waals surface area contributed by atoms with E-state index in [9.17, 15) is 4.79 Å². The number of carbonyl (C=O) groups excluding carboxylic acids is 1. The molecule has 1 aromatic heterocycles. The highest BCUT2D eigenvalue weighted by Crippen LogP contribution is 2.31. The van der Waals surface area contributed by atoms with Crippen molar-refractivity contribution in [2.45, 2.75) is 26.2 Å². The van der Waals surface area contributed by atoms with Crippen molar-refractivity contribution in [3.05, 3.63) is 11.6 Å². The normalized spacial score (nSPS) is 15.3. The molecule has 0 aromatic carbocycles. The smallest absolute Gasteiger partial charge is 0.378 e. The third-order valence-corrected chi connectivity index (χ3v) is 2.48. The minimum Gasteiger partial charge on any atom is -0.460 e. The summed E-state index contributed by atoms with van der Waals surface area (Å²) in [5.41, 5.74) is 0. The van der Waals surface area contributed by atoms with Crippen molar-refractivity contribution in [3.63, 3.8) is 0 Å². The Balaban J connectivity index is 2.08. The van der Waals surface area contributed by atoms with Crippen LogP contribution >= 0.6 is 0 Å². The number of carbonyl (C=O) groups is 1. The largest absolute Gasteiger partial charge is 0.460 e. The van der Waals surface area contributed by atoms with Gasteiger partial charge in [-0.3, -0.25) is 4.68 Å². The van der Waals surface area contributed by atoms with Gasteiger partial charge in [0.1, 0.15) is 5.82 Å². The van der Waals surface area contributed by atoms with Crippen LogP contribution in [0, 0.1) is 5.92 Å². The van der Waals surface area contributed by atoms with E-state index < -0.39 is 5.97 Å². The van der Waals surface area contributed by atoms with Crippen molar-refractivity contribution in [1.82, 2.24) is 14.8 Å². The van der Waals surface area contributed by atoms with Crippen molar-refractivity contribution >= 4 is 5.97 Å². The van der Waals surface area contributed by atoms with E-state index in [1.165, 1.54) is 12.8 Å². The fourth-order valence-corrected chi connectivity index (χ4v) is 1.46. The second-order valence-electron chi connectivity index (χ2n) is 3.84. The van der Waals surface area contributed by atoms with Gasteiger partial charge in [-0.2, -0.15) is 0 Å². The molecular formula is C10H15N3O2. The summed E-state index contributed by atoms with van der Waals surface area (Å²) in [7, 11) is 1.81. The fourth-order valence-electron chi connectivity index (χ4n) is 1.46. The van der Waals surface area contributed by atoms with Gasteiger partial charge in [0.05, 0.1) is 6.61 Å². The summed E-state index contributed by atoms with van der Waals surface area (Å²) < 4.78 is 6.51. The zero-order valence-corrected chi connectivity index (χ0v) is 9.06. The number of aryl methyl sites for hydroxylation is 1. The molecule has 1 fully saturated rings. The van der Waals surface area contributed by atoms with Crippen molar-refractivity contribution in [2.75, 3.05) is 6.61 Å². The summed E-state index contributed by atoms with van der Waals surface area (Å²) in [6, 6.07) is 0. The Morgan fingerprint density at radius 1 is 1.60 bits per heavy atom. The van der Waals surface area contributed by atoms with Crippen LogP contribution in [-0.2, 0) is 18.2 Å². The third-order valence-electron chi connectivity index (χ3n) is 2.48. The van der Waals surface area contributed by atoms with Crippen LogP contribution in [-0.4, -0.2) is 27.3 Å². The molecule has 1 aliphatic carbocycles. The first-order valence-electron chi connectivity index (χ1n) is 5.27. The fraction of sp³-hybridized carbons (Fsp3) is 0.700. The monoisotopic (exact) mass is 209 g/mol. The summed E-state index contributed by atoms with van der Waals surface area (Å²) >= 11 is 0. The maximum atomic E-state index is 11.4. The minimum absolute atomic E-state index is 0.176. The lowest BCUT2D eigenvalue weighted by molar-refractivity contribution is 0.0512. The van der Waals surface area contributed by atoms with Gasteiger partial charge in [0.25, 0.3) is 5.82 Å². The van der Waals surface area contributed by atoms with E-state index in [0.717, 1.165) is 18.2 Å².